The molecule has 32 heavy (non-hydrogen) atoms. The molecule has 164 valence electrons. The number of hydrogen-bond donors (Lipinski definition) is 1. The highest BCUT2D eigenvalue weighted by atomic mass is 35.5. The van der Waals surface area contributed by atoms with Crippen molar-refractivity contribution in [3.8, 4) is 0 Å². The van der Waals surface area contributed by atoms with E-state index in [9.17, 15) is 4.79 Å². The van der Waals surface area contributed by atoms with Gasteiger partial charge in [-0.25, -0.2) is 0 Å². The van der Waals surface area contributed by atoms with Crippen LogP contribution in [0.1, 0.15) is 52.7 Å². The van der Waals surface area contributed by atoms with E-state index in [2.05, 4.69) is 24.0 Å². The van der Waals surface area contributed by atoms with E-state index in [1.807, 2.05) is 49.4 Å². The molecule has 0 unspecified atom stereocenters. The van der Waals surface area contributed by atoms with Crippen LogP contribution in [-0.4, -0.2) is 11.9 Å². The monoisotopic (exact) mass is 481 g/mol. The van der Waals surface area contributed by atoms with E-state index in [0.717, 1.165) is 44.9 Å². The van der Waals surface area contributed by atoms with Crippen LogP contribution in [0.3, 0.4) is 0 Å². The fourth-order valence-electron chi connectivity index (χ4n) is 4.01. The zero-order chi connectivity index (χ0) is 22.7. The third kappa shape index (κ3) is 5.23. The molecule has 0 bridgehead atoms. The fraction of sp³-hybridized carbons (Fsp3) is 0.222. The molecule has 3 aromatic carbocycles. The third-order valence-corrected chi connectivity index (χ3v) is 7.82. The van der Waals surface area contributed by atoms with E-state index in [-0.39, 0.29) is 5.91 Å². The molecule has 0 saturated heterocycles. The van der Waals surface area contributed by atoms with Crippen molar-refractivity contribution in [1.29, 1.82) is 0 Å². The molecule has 1 aliphatic carbocycles. The average molecular weight is 482 g/mol. The first kappa shape index (κ1) is 23.0. The SMILES string of the molecule is C=C(c1ccc(Cl)c(Cl)c1)c1ccccc1Sc1ccc(C(=O)NC2CCCC2)cc1C. The van der Waals surface area contributed by atoms with Gasteiger partial charge in [-0.15, -0.1) is 0 Å². The minimum atomic E-state index is 0.0185. The quantitative estimate of drug-likeness (QED) is 0.384. The highest BCUT2D eigenvalue weighted by molar-refractivity contribution is 7.99. The van der Waals surface area contributed by atoms with Crippen molar-refractivity contribution < 1.29 is 4.79 Å². The van der Waals surface area contributed by atoms with Gasteiger partial charge < -0.3 is 5.32 Å². The molecule has 0 aromatic heterocycles. The number of hydrogen-bond acceptors (Lipinski definition) is 2. The Morgan fingerprint density at radius 3 is 2.38 bits per heavy atom. The van der Waals surface area contributed by atoms with Crippen LogP contribution in [0.5, 0.6) is 0 Å². The van der Waals surface area contributed by atoms with Gasteiger partial charge >= 0.3 is 0 Å². The van der Waals surface area contributed by atoms with E-state index in [0.29, 0.717) is 21.7 Å². The Labute approximate surface area is 204 Å². The summed E-state index contributed by atoms with van der Waals surface area (Å²) >= 11 is 14.0. The summed E-state index contributed by atoms with van der Waals surface area (Å²) < 4.78 is 0. The van der Waals surface area contributed by atoms with Crippen LogP contribution in [0.15, 0.2) is 77.0 Å². The molecule has 1 N–H and O–H groups in total. The van der Waals surface area contributed by atoms with Gasteiger partial charge in [-0.1, -0.05) is 78.6 Å². The molecular formula is C27H25Cl2NOS. The Hall–Kier alpha value is -2.20. The van der Waals surface area contributed by atoms with Gasteiger partial charge in [0.1, 0.15) is 0 Å². The van der Waals surface area contributed by atoms with Crippen molar-refractivity contribution in [2.75, 3.05) is 0 Å². The second kappa shape index (κ2) is 10.2. The van der Waals surface area contributed by atoms with Crippen molar-refractivity contribution in [3.05, 3.63) is 99.5 Å². The summed E-state index contributed by atoms with van der Waals surface area (Å²) in [6.45, 7) is 6.36. The smallest absolute Gasteiger partial charge is 0.251 e. The number of nitrogens with one attached hydrogen (secondary N) is 1. The van der Waals surface area contributed by atoms with Crippen molar-refractivity contribution in [3.63, 3.8) is 0 Å². The molecule has 2 nitrogen and oxygen atoms in total. The van der Waals surface area contributed by atoms with E-state index >= 15 is 0 Å². The number of carbonyl (C=O) groups excluding carboxylic acids is 1. The molecule has 5 heteroatoms. The van der Waals surface area contributed by atoms with E-state index < -0.39 is 0 Å². The largest absolute Gasteiger partial charge is 0.349 e. The molecule has 0 atom stereocenters. The molecule has 1 saturated carbocycles. The Balaban J connectivity index is 1.55. The van der Waals surface area contributed by atoms with Crippen molar-refractivity contribution >= 4 is 46.4 Å². The second-order valence-corrected chi connectivity index (χ2v) is 10.0. The molecular weight excluding hydrogens is 457 g/mol. The lowest BCUT2D eigenvalue weighted by molar-refractivity contribution is 0.0937. The lowest BCUT2D eigenvalue weighted by atomic mass is 10.00. The molecule has 3 aromatic rings. The van der Waals surface area contributed by atoms with Gasteiger partial charge in [-0.3, -0.25) is 4.79 Å². The minimum absolute atomic E-state index is 0.0185. The summed E-state index contributed by atoms with van der Waals surface area (Å²) in [6, 6.07) is 20.0. The van der Waals surface area contributed by atoms with Crippen LogP contribution in [0.25, 0.3) is 5.57 Å². The molecule has 0 spiro atoms. The van der Waals surface area contributed by atoms with Gasteiger partial charge in [0.2, 0.25) is 0 Å². The van der Waals surface area contributed by atoms with Crippen LogP contribution in [0.2, 0.25) is 10.0 Å². The number of halogens is 2. The third-order valence-electron chi connectivity index (χ3n) is 5.83. The van der Waals surface area contributed by atoms with Crippen molar-refractivity contribution in [2.45, 2.75) is 48.4 Å². The van der Waals surface area contributed by atoms with Crippen LogP contribution in [0.4, 0.5) is 0 Å². The Kier molecular flexibility index (Phi) is 7.30. The predicted molar refractivity (Wildman–Crippen MR) is 136 cm³/mol. The first-order chi connectivity index (χ1) is 15.4. The van der Waals surface area contributed by atoms with Crippen LogP contribution >= 0.6 is 35.0 Å². The normalized spacial score (nSPS) is 13.8. The maximum atomic E-state index is 12.6. The number of aryl methyl sites for hydroxylation is 1. The molecule has 0 heterocycles. The minimum Gasteiger partial charge on any atom is -0.349 e. The zero-order valence-corrected chi connectivity index (χ0v) is 20.3. The van der Waals surface area contributed by atoms with E-state index in [1.165, 1.54) is 12.8 Å². The van der Waals surface area contributed by atoms with Crippen molar-refractivity contribution in [1.82, 2.24) is 5.32 Å². The highest BCUT2D eigenvalue weighted by Crippen LogP contribution is 2.38. The summed E-state index contributed by atoms with van der Waals surface area (Å²) in [6.07, 6.45) is 4.56. The Morgan fingerprint density at radius 2 is 1.66 bits per heavy atom. The summed E-state index contributed by atoms with van der Waals surface area (Å²) in [4.78, 5) is 14.8. The fourth-order valence-corrected chi connectivity index (χ4v) is 5.35. The number of amides is 1. The summed E-state index contributed by atoms with van der Waals surface area (Å²) in [5, 5.41) is 4.20. The summed E-state index contributed by atoms with van der Waals surface area (Å²) in [5.41, 5.74) is 4.65. The molecule has 0 radical (unpaired) electrons. The number of carbonyl (C=O) groups is 1. The Bertz CT molecular complexity index is 1170. The Morgan fingerprint density at radius 1 is 0.938 bits per heavy atom. The molecule has 1 fully saturated rings. The van der Waals surface area contributed by atoms with Gasteiger partial charge in [-0.2, -0.15) is 0 Å². The van der Waals surface area contributed by atoms with Crippen LogP contribution < -0.4 is 5.32 Å². The van der Waals surface area contributed by atoms with Crippen LogP contribution in [-0.2, 0) is 0 Å². The van der Waals surface area contributed by atoms with Crippen molar-refractivity contribution in [2.24, 2.45) is 0 Å². The summed E-state index contributed by atoms with van der Waals surface area (Å²) in [7, 11) is 0. The summed E-state index contributed by atoms with van der Waals surface area (Å²) in [5.74, 6) is 0.0185. The van der Waals surface area contributed by atoms with Gasteiger partial charge in [0.05, 0.1) is 10.0 Å². The van der Waals surface area contributed by atoms with Gasteiger partial charge in [-0.05, 0) is 78.4 Å². The van der Waals surface area contributed by atoms with E-state index in [1.54, 1.807) is 17.8 Å². The van der Waals surface area contributed by atoms with Gasteiger partial charge in [0.25, 0.3) is 5.91 Å². The van der Waals surface area contributed by atoms with Gasteiger partial charge in [0.15, 0.2) is 0 Å². The average Bonchev–Trinajstić information content (AvgIpc) is 3.30. The second-order valence-electron chi connectivity index (χ2n) is 8.14. The topological polar surface area (TPSA) is 29.1 Å². The predicted octanol–water partition coefficient (Wildman–Crippen LogP) is 8.19. The zero-order valence-electron chi connectivity index (χ0n) is 18.0. The molecule has 1 amide bonds. The molecule has 0 aliphatic heterocycles. The number of rotatable bonds is 6. The lowest BCUT2D eigenvalue weighted by Gasteiger charge is -2.15. The first-order valence-electron chi connectivity index (χ1n) is 10.8. The lowest BCUT2D eigenvalue weighted by Crippen LogP contribution is -2.32. The van der Waals surface area contributed by atoms with Gasteiger partial charge in [0, 0.05) is 21.4 Å². The van der Waals surface area contributed by atoms with E-state index in [4.69, 9.17) is 23.2 Å². The maximum absolute atomic E-state index is 12.6. The highest BCUT2D eigenvalue weighted by Gasteiger charge is 2.18. The standard InChI is InChI=1S/C27H25Cl2NOS/c1-17-15-20(27(31)30-21-7-3-4-8-21)12-14-25(17)32-26-10-6-5-9-22(26)18(2)19-11-13-23(28)24(29)16-19/h5-6,9-16,21H,2-4,7-8H2,1H3,(H,30,31). The molecule has 1 aliphatic rings. The molecule has 4 rings (SSSR count). The maximum Gasteiger partial charge on any atom is 0.251 e. The number of benzene rings is 3. The first-order valence-corrected chi connectivity index (χ1v) is 12.3. The van der Waals surface area contributed by atoms with Crippen LogP contribution in [0, 0.1) is 6.92 Å².